The second-order valence-corrected chi connectivity index (χ2v) is 3.80. The van der Waals surface area contributed by atoms with Crippen LogP contribution in [0.4, 0.5) is 11.4 Å². The number of β-amino-alcohol motifs (C(OH)–C–C–N with tert-alkyl or cyclic N) is 1. The van der Waals surface area contributed by atoms with Gasteiger partial charge in [-0.3, -0.25) is 0 Å². The molecule has 1 aromatic carbocycles. The maximum Gasteiger partial charge on any atom is 0.0715 e. The first-order valence-corrected chi connectivity index (χ1v) is 5.05. The first-order chi connectivity index (χ1) is 6.77. The highest BCUT2D eigenvalue weighted by molar-refractivity contribution is 5.67. The summed E-state index contributed by atoms with van der Waals surface area (Å²) in [7, 11) is 0. The monoisotopic (exact) mass is 192 g/mol. The van der Waals surface area contributed by atoms with Crippen molar-refractivity contribution in [2.75, 3.05) is 23.7 Å². The molecule has 0 spiro atoms. The minimum Gasteiger partial charge on any atom is -0.397 e. The van der Waals surface area contributed by atoms with E-state index < -0.39 is 0 Å². The lowest BCUT2D eigenvalue weighted by molar-refractivity contribution is 0.154. The molecule has 2 rings (SSSR count). The number of rotatable bonds is 1. The van der Waals surface area contributed by atoms with Crippen molar-refractivity contribution in [3.63, 3.8) is 0 Å². The molecule has 3 nitrogen and oxygen atoms in total. The van der Waals surface area contributed by atoms with Gasteiger partial charge in [-0.25, -0.2) is 0 Å². The molecule has 3 N–H and O–H groups in total. The van der Waals surface area contributed by atoms with E-state index in [1.54, 1.807) is 0 Å². The van der Waals surface area contributed by atoms with Gasteiger partial charge in [0.15, 0.2) is 0 Å². The van der Waals surface area contributed by atoms with Crippen molar-refractivity contribution < 1.29 is 5.11 Å². The Morgan fingerprint density at radius 1 is 1.36 bits per heavy atom. The van der Waals surface area contributed by atoms with Crippen LogP contribution >= 0.6 is 0 Å². The largest absolute Gasteiger partial charge is 0.397 e. The lowest BCUT2D eigenvalue weighted by Gasteiger charge is -2.32. The van der Waals surface area contributed by atoms with E-state index in [2.05, 4.69) is 4.90 Å². The van der Waals surface area contributed by atoms with Gasteiger partial charge >= 0.3 is 0 Å². The Labute approximate surface area is 84.1 Å². The maximum atomic E-state index is 9.55. The van der Waals surface area contributed by atoms with E-state index in [1.807, 2.05) is 24.3 Å². The fraction of sp³-hybridized carbons (Fsp3) is 0.455. The van der Waals surface area contributed by atoms with Crippen LogP contribution < -0.4 is 10.6 Å². The van der Waals surface area contributed by atoms with Crippen LogP contribution in [-0.2, 0) is 0 Å². The summed E-state index contributed by atoms with van der Waals surface area (Å²) in [4.78, 5) is 2.16. The smallest absolute Gasteiger partial charge is 0.0715 e. The van der Waals surface area contributed by atoms with Crippen molar-refractivity contribution in [2.45, 2.75) is 18.9 Å². The summed E-state index contributed by atoms with van der Waals surface area (Å²) in [5.41, 5.74) is 7.71. The number of hydrogen-bond donors (Lipinski definition) is 2. The molecule has 1 aliphatic heterocycles. The summed E-state index contributed by atoms with van der Waals surface area (Å²) in [6, 6.07) is 7.82. The molecule has 76 valence electrons. The highest BCUT2D eigenvalue weighted by atomic mass is 16.3. The van der Waals surface area contributed by atoms with Crippen LogP contribution in [0.15, 0.2) is 24.3 Å². The minimum atomic E-state index is -0.205. The van der Waals surface area contributed by atoms with Crippen molar-refractivity contribution in [3.8, 4) is 0 Å². The number of aliphatic hydroxyl groups excluding tert-OH is 1. The van der Waals surface area contributed by atoms with Crippen LogP contribution in [0.25, 0.3) is 0 Å². The molecule has 3 heteroatoms. The molecule has 0 unspecified atom stereocenters. The van der Waals surface area contributed by atoms with Gasteiger partial charge in [0.2, 0.25) is 0 Å². The molecular formula is C11H16N2O. The average Bonchev–Trinajstić information content (AvgIpc) is 2.18. The molecule has 1 aliphatic rings. The fourth-order valence-electron chi connectivity index (χ4n) is 1.95. The van der Waals surface area contributed by atoms with Gasteiger partial charge in [0.25, 0.3) is 0 Å². The number of piperidine rings is 1. The summed E-state index contributed by atoms with van der Waals surface area (Å²) in [6.07, 6.45) is 1.74. The Balaban J connectivity index is 2.18. The zero-order valence-electron chi connectivity index (χ0n) is 8.19. The first-order valence-electron chi connectivity index (χ1n) is 5.05. The van der Waals surface area contributed by atoms with Crippen molar-refractivity contribution in [1.82, 2.24) is 0 Å². The van der Waals surface area contributed by atoms with Crippen LogP contribution in [0.2, 0.25) is 0 Å². The summed E-state index contributed by atoms with van der Waals surface area (Å²) in [5.74, 6) is 0. The van der Waals surface area contributed by atoms with Gasteiger partial charge in [-0.2, -0.15) is 0 Å². The van der Waals surface area contributed by atoms with E-state index in [9.17, 15) is 5.11 Å². The number of nitrogens with zero attached hydrogens (tertiary/aromatic N) is 1. The Morgan fingerprint density at radius 2 is 2.14 bits per heavy atom. The second-order valence-electron chi connectivity index (χ2n) is 3.80. The molecule has 0 bridgehead atoms. The van der Waals surface area contributed by atoms with E-state index in [0.717, 1.165) is 30.8 Å². The van der Waals surface area contributed by atoms with Gasteiger partial charge < -0.3 is 15.7 Å². The normalized spacial score (nSPS) is 22.4. The Kier molecular flexibility index (Phi) is 2.59. The van der Waals surface area contributed by atoms with Gasteiger partial charge in [0, 0.05) is 13.1 Å². The maximum absolute atomic E-state index is 9.55. The van der Waals surface area contributed by atoms with Crippen LogP contribution in [0.1, 0.15) is 12.8 Å². The van der Waals surface area contributed by atoms with Gasteiger partial charge in [-0.15, -0.1) is 0 Å². The molecule has 14 heavy (non-hydrogen) atoms. The van der Waals surface area contributed by atoms with Gasteiger partial charge in [0.05, 0.1) is 17.5 Å². The van der Waals surface area contributed by atoms with E-state index in [-0.39, 0.29) is 6.10 Å². The molecule has 1 saturated heterocycles. The van der Waals surface area contributed by atoms with Gasteiger partial charge in [0.1, 0.15) is 0 Å². The van der Waals surface area contributed by atoms with E-state index in [4.69, 9.17) is 5.73 Å². The van der Waals surface area contributed by atoms with Crippen LogP contribution in [0.3, 0.4) is 0 Å². The molecule has 0 aliphatic carbocycles. The van der Waals surface area contributed by atoms with E-state index in [1.165, 1.54) is 0 Å². The third kappa shape index (κ3) is 1.82. The number of anilines is 2. The van der Waals surface area contributed by atoms with Crippen LogP contribution in [-0.4, -0.2) is 24.3 Å². The molecular weight excluding hydrogens is 176 g/mol. The highest BCUT2D eigenvalue weighted by Gasteiger charge is 2.18. The lowest BCUT2D eigenvalue weighted by Crippen LogP contribution is -2.38. The molecule has 1 fully saturated rings. The number of hydrogen-bond acceptors (Lipinski definition) is 3. The number of para-hydroxylation sites is 2. The van der Waals surface area contributed by atoms with Crippen molar-refractivity contribution in [1.29, 1.82) is 0 Å². The standard InChI is InChI=1S/C11H16N2O/c12-10-5-1-2-6-11(10)13-7-3-4-9(14)8-13/h1-2,5-6,9,14H,3-4,7-8,12H2/t9-/m0/s1. The second kappa shape index (κ2) is 3.88. The fourth-order valence-corrected chi connectivity index (χ4v) is 1.95. The van der Waals surface area contributed by atoms with Gasteiger partial charge in [-0.05, 0) is 25.0 Å². The Hall–Kier alpha value is -1.22. The van der Waals surface area contributed by atoms with E-state index >= 15 is 0 Å². The van der Waals surface area contributed by atoms with Crippen molar-refractivity contribution in [2.24, 2.45) is 0 Å². The van der Waals surface area contributed by atoms with Crippen molar-refractivity contribution in [3.05, 3.63) is 24.3 Å². The van der Waals surface area contributed by atoms with Crippen LogP contribution in [0.5, 0.6) is 0 Å². The molecule has 0 amide bonds. The van der Waals surface area contributed by atoms with Crippen LogP contribution in [0, 0.1) is 0 Å². The molecule has 1 heterocycles. The minimum absolute atomic E-state index is 0.205. The number of nitrogens with two attached hydrogens (primary N) is 1. The number of benzene rings is 1. The SMILES string of the molecule is Nc1ccccc1N1CCC[C@H](O)C1. The predicted molar refractivity (Wildman–Crippen MR) is 58.3 cm³/mol. The Morgan fingerprint density at radius 3 is 2.86 bits per heavy atom. The molecule has 0 aromatic heterocycles. The quantitative estimate of drug-likeness (QED) is 0.658. The zero-order chi connectivity index (χ0) is 9.97. The summed E-state index contributed by atoms with van der Waals surface area (Å²) >= 11 is 0. The molecule has 0 saturated carbocycles. The number of aliphatic hydroxyl groups is 1. The summed E-state index contributed by atoms with van der Waals surface area (Å²) < 4.78 is 0. The summed E-state index contributed by atoms with van der Waals surface area (Å²) in [6.45, 7) is 1.69. The summed E-state index contributed by atoms with van der Waals surface area (Å²) in [5, 5.41) is 9.55. The molecule has 1 aromatic rings. The zero-order valence-corrected chi connectivity index (χ0v) is 8.19. The third-order valence-electron chi connectivity index (χ3n) is 2.67. The van der Waals surface area contributed by atoms with Gasteiger partial charge in [-0.1, -0.05) is 12.1 Å². The third-order valence-corrected chi connectivity index (χ3v) is 2.67. The predicted octanol–water partition coefficient (Wildman–Crippen LogP) is 1.23. The first kappa shape index (κ1) is 9.34. The average molecular weight is 192 g/mol. The molecule has 0 radical (unpaired) electrons. The number of nitrogen functional groups attached to an aromatic ring is 1. The highest BCUT2D eigenvalue weighted by Crippen LogP contribution is 2.25. The lowest BCUT2D eigenvalue weighted by atomic mass is 10.1. The topological polar surface area (TPSA) is 49.5 Å². The molecule has 1 atom stereocenters. The Bertz CT molecular complexity index is 314. The van der Waals surface area contributed by atoms with Crippen molar-refractivity contribution >= 4 is 11.4 Å². The van der Waals surface area contributed by atoms with E-state index in [0.29, 0.717) is 6.54 Å².